The Balaban J connectivity index is 1.81. The van der Waals surface area contributed by atoms with Crippen LogP contribution < -0.4 is 9.47 Å². The second-order valence-electron chi connectivity index (χ2n) is 5.61. The minimum Gasteiger partial charge on any atom is -0.486 e. The second-order valence-corrected chi connectivity index (χ2v) is 7.48. The van der Waals surface area contributed by atoms with Crippen LogP contribution in [0.4, 0.5) is 0 Å². The largest absolute Gasteiger partial charge is 0.486 e. The molecule has 1 aliphatic heterocycles. The van der Waals surface area contributed by atoms with Gasteiger partial charge in [-0.15, -0.1) is 0 Å². The van der Waals surface area contributed by atoms with Crippen LogP contribution in [0.2, 0.25) is 0 Å². The van der Waals surface area contributed by atoms with Crippen LogP contribution in [-0.2, 0) is 10.0 Å². The predicted molar refractivity (Wildman–Crippen MR) is 86.8 cm³/mol. The molecule has 0 amide bonds. The maximum absolute atomic E-state index is 12.9. The fourth-order valence-electron chi connectivity index (χ4n) is 2.75. The van der Waals surface area contributed by atoms with Gasteiger partial charge in [-0.05, 0) is 26.0 Å². The van der Waals surface area contributed by atoms with Crippen molar-refractivity contribution in [1.82, 2.24) is 9.46 Å². The molecule has 1 unspecified atom stereocenters. The first kappa shape index (κ1) is 16.8. The maximum Gasteiger partial charge on any atom is 0.248 e. The van der Waals surface area contributed by atoms with Crippen molar-refractivity contribution in [3.8, 4) is 11.5 Å². The van der Waals surface area contributed by atoms with E-state index in [0.29, 0.717) is 30.3 Å². The molecule has 0 spiro atoms. The number of nitrogens with zero attached hydrogens (tertiary/aromatic N) is 2. The van der Waals surface area contributed by atoms with Crippen LogP contribution in [0.3, 0.4) is 0 Å². The molecule has 130 valence electrons. The third-order valence-electron chi connectivity index (χ3n) is 3.89. The van der Waals surface area contributed by atoms with E-state index in [2.05, 4.69) is 5.16 Å². The molecule has 0 radical (unpaired) electrons. The Hall–Kier alpha value is -2.06. The highest BCUT2D eigenvalue weighted by Crippen LogP contribution is 2.31. The van der Waals surface area contributed by atoms with Gasteiger partial charge >= 0.3 is 0 Å². The fourth-order valence-corrected chi connectivity index (χ4v) is 4.52. The van der Waals surface area contributed by atoms with Gasteiger partial charge in [-0.3, -0.25) is 0 Å². The molecule has 2 heterocycles. The molecule has 0 aliphatic carbocycles. The summed E-state index contributed by atoms with van der Waals surface area (Å²) in [5.74, 6) is 1.59. The number of aryl methyl sites for hydroxylation is 2. The summed E-state index contributed by atoms with van der Waals surface area (Å²) in [6.07, 6.45) is -0.380. The molecule has 1 aromatic heterocycles. The number of aromatic nitrogens is 1. The highest BCUT2D eigenvalue weighted by molar-refractivity contribution is 7.89. The van der Waals surface area contributed by atoms with Gasteiger partial charge < -0.3 is 14.0 Å². The maximum atomic E-state index is 12.9. The fraction of sp³-hybridized carbons (Fsp3) is 0.438. The van der Waals surface area contributed by atoms with E-state index in [9.17, 15) is 8.42 Å². The summed E-state index contributed by atoms with van der Waals surface area (Å²) >= 11 is 0. The number of sulfonamides is 1. The van der Waals surface area contributed by atoms with Gasteiger partial charge in [-0.25, -0.2) is 8.42 Å². The first-order chi connectivity index (χ1) is 11.4. The van der Waals surface area contributed by atoms with Crippen molar-refractivity contribution in [2.75, 3.05) is 19.7 Å². The minimum atomic E-state index is -3.70. The first-order valence-corrected chi connectivity index (χ1v) is 9.19. The lowest BCUT2D eigenvalue weighted by atomic mass is 10.2. The zero-order valence-corrected chi connectivity index (χ0v) is 14.7. The van der Waals surface area contributed by atoms with Crippen molar-refractivity contribution in [2.24, 2.45) is 0 Å². The average molecular weight is 352 g/mol. The van der Waals surface area contributed by atoms with Gasteiger partial charge in [0.2, 0.25) is 10.0 Å². The van der Waals surface area contributed by atoms with Crippen molar-refractivity contribution in [3.05, 3.63) is 35.7 Å². The third-order valence-corrected chi connectivity index (χ3v) is 6.08. The number of fused-ring (bicyclic) bond motifs is 1. The molecular weight excluding hydrogens is 332 g/mol. The van der Waals surface area contributed by atoms with Crippen molar-refractivity contribution >= 4 is 10.0 Å². The normalized spacial score (nSPS) is 17.2. The van der Waals surface area contributed by atoms with Crippen LogP contribution >= 0.6 is 0 Å². The Bertz CT molecular complexity index is 811. The predicted octanol–water partition coefficient (Wildman–Crippen LogP) is 2.14. The lowest BCUT2D eigenvalue weighted by Crippen LogP contribution is -2.43. The summed E-state index contributed by atoms with van der Waals surface area (Å²) in [4.78, 5) is 0.126. The van der Waals surface area contributed by atoms with E-state index in [1.165, 1.54) is 4.31 Å². The number of likely N-dealkylation sites (N-methyl/N-ethyl adjacent to an activating group) is 1. The first-order valence-electron chi connectivity index (χ1n) is 7.75. The molecule has 7 nitrogen and oxygen atoms in total. The minimum absolute atomic E-state index is 0.126. The van der Waals surface area contributed by atoms with Crippen molar-refractivity contribution in [3.63, 3.8) is 0 Å². The molecule has 2 aromatic rings. The Morgan fingerprint density at radius 1 is 1.25 bits per heavy atom. The van der Waals surface area contributed by atoms with E-state index in [1.54, 1.807) is 26.8 Å². The lowest BCUT2D eigenvalue weighted by molar-refractivity contribution is 0.0771. The molecule has 0 N–H and O–H groups in total. The van der Waals surface area contributed by atoms with E-state index < -0.39 is 10.0 Å². The van der Waals surface area contributed by atoms with Gasteiger partial charge in [0.15, 0.2) is 17.3 Å². The molecule has 0 saturated carbocycles. The van der Waals surface area contributed by atoms with Gasteiger partial charge in [0.05, 0.1) is 6.54 Å². The number of benzene rings is 1. The zero-order chi connectivity index (χ0) is 17.3. The Labute approximate surface area is 141 Å². The Kier molecular flexibility index (Phi) is 4.51. The lowest BCUT2D eigenvalue weighted by Gasteiger charge is -2.30. The van der Waals surface area contributed by atoms with Gasteiger partial charge in [0.25, 0.3) is 0 Å². The van der Waals surface area contributed by atoms with Crippen LogP contribution in [0.5, 0.6) is 11.5 Å². The standard InChI is InChI=1S/C16H20N2O5S/c1-4-18(24(19,20)16-11(2)17-23-12(16)3)9-13-10-21-14-7-5-6-8-15(14)22-13/h5-8,13H,4,9-10H2,1-3H3. The molecule has 0 saturated heterocycles. The summed E-state index contributed by atoms with van der Waals surface area (Å²) in [5, 5.41) is 3.74. The van der Waals surface area contributed by atoms with Crippen LogP contribution in [-0.4, -0.2) is 43.7 Å². The van der Waals surface area contributed by atoms with Gasteiger partial charge in [0.1, 0.15) is 23.3 Å². The summed E-state index contributed by atoms with van der Waals surface area (Å²) in [6, 6.07) is 7.34. The monoisotopic (exact) mass is 352 g/mol. The van der Waals surface area contributed by atoms with E-state index in [-0.39, 0.29) is 23.3 Å². The highest BCUT2D eigenvalue weighted by atomic mass is 32.2. The van der Waals surface area contributed by atoms with Crippen LogP contribution in [0, 0.1) is 13.8 Å². The molecule has 0 bridgehead atoms. The molecule has 3 rings (SSSR count). The second kappa shape index (κ2) is 6.45. The summed E-state index contributed by atoms with van der Waals surface area (Å²) < 4.78 is 43.7. The van der Waals surface area contributed by atoms with Crippen molar-refractivity contribution in [2.45, 2.75) is 31.8 Å². The average Bonchev–Trinajstić information content (AvgIpc) is 2.91. The van der Waals surface area contributed by atoms with Crippen LogP contribution in [0.1, 0.15) is 18.4 Å². The van der Waals surface area contributed by atoms with Gasteiger partial charge in [-0.1, -0.05) is 24.2 Å². The van der Waals surface area contributed by atoms with E-state index in [0.717, 1.165) is 0 Å². The molecule has 0 fully saturated rings. The number of ether oxygens (including phenoxy) is 2. The van der Waals surface area contributed by atoms with E-state index in [4.69, 9.17) is 14.0 Å². The number of hydrogen-bond donors (Lipinski definition) is 0. The zero-order valence-electron chi connectivity index (χ0n) is 13.9. The molecule has 8 heteroatoms. The molecule has 1 aliphatic rings. The quantitative estimate of drug-likeness (QED) is 0.820. The van der Waals surface area contributed by atoms with Crippen molar-refractivity contribution < 1.29 is 22.4 Å². The highest BCUT2D eigenvalue weighted by Gasteiger charge is 2.33. The molecule has 1 atom stereocenters. The molecule has 1 aromatic carbocycles. The van der Waals surface area contributed by atoms with Gasteiger partial charge in [0, 0.05) is 6.54 Å². The summed E-state index contributed by atoms with van der Waals surface area (Å²) in [5.41, 5.74) is 0.358. The molecule has 24 heavy (non-hydrogen) atoms. The van der Waals surface area contributed by atoms with E-state index >= 15 is 0 Å². The smallest absolute Gasteiger partial charge is 0.248 e. The number of rotatable bonds is 5. The summed E-state index contributed by atoms with van der Waals surface area (Å²) in [7, 11) is -3.70. The van der Waals surface area contributed by atoms with Crippen LogP contribution in [0.15, 0.2) is 33.7 Å². The van der Waals surface area contributed by atoms with Crippen molar-refractivity contribution in [1.29, 1.82) is 0 Å². The SMILES string of the molecule is CCN(CC1COc2ccccc2O1)S(=O)(=O)c1c(C)noc1C. The number of para-hydroxylation sites is 2. The third kappa shape index (κ3) is 2.99. The summed E-state index contributed by atoms with van der Waals surface area (Å²) in [6.45, 7) is 5.80. The Morgan fingerprint density at radius 3 is 2.58 bits per heavy atom. The van der Waals surface area contributed by atoms with Gasteiger partial charge in [-0.2, -0.15) is 4.31 Å². The van der Waals surface area contributed by atoms with Crippen LogP contribution in [0.25, 0.3) is 0 Å². The number of hydrogen-bond acceptors (Lipinski definition) is 6. The topological polar surface area (TPSA) is 81.9 Å². The van der Waals surface area contributed by atoms with E-state index in [1.807, 2.05) is 18.2 Å². The molecular formula is C16H20N2O5S. The Morgan fingerprint density at radius 2 is 1.96 bits per heavy atom.